The number of carboxylic acids is 1. The molecular formula is C20H21N3O5S2. The Balaban J connectivity index is 1.83. The average molecular weight is 448 g/mol. The number of thioether (sulfide) groups is 1. The molecule has 0 radical (unpaired) electrons. The van der Waals surface area contributed by atoms with Crippen LogP contribution in [0.3, 0.4) is 0 Å². The summed E-state index contributed by atoms with van der Waals surface area (Å²) in [6.45, 7) is 2.63. The fraction of sp³-hybridized carbons (Fsp3) is 0.300. The highest BCUT2D eigenvalue weighted by Crippen LogP contribution is 2.36. The van der Waals surface area contributed by atoms with Gasteiger partial charge in [0.2, 0.25) is 5.13 Å². The van der Waals surface area contributed by atoms with E-state index in [9.17, 15) is 9.59 Å². The van der Waals surface area contributed by atoms with Gasteiger partial charge in [0.25, 0.3) is 5.91 Å². The van der Waals surface area contributed by atoms with Crippen molar-refractivity contribution in [3.8, 4) is 11.5 Å². The molecule has 0 aliphatic carbocycles. The molecule has 1 aromatic carbocycles. The molecular weight excluding hydrogens is 426 g/mol. The SMILES string of the molecule is CCCN1C(=O)/C(=C\c2ccc(OCCC(=O)O)c(OC)c2)S/C1=N/c1nccs1. The van der Waals surface area contributed by atoms with Gasteiger partial charge in [-0.1, -0.05) is 13.0 Å². The molecule has 2 heterocycles. The van der Waals surface area contributed by atoms with Crippen molar-refractivity contribution < 1.29 is 24.2 Å². The highest BCUT2D eigenvalue weighted by molar-refractivity contribution is 8.18. The van der Waals surface area contributed by atoms with Crippen molar-refractivity contribution >= 4 is 51.4 Å². The van der Waals surface area contributed by atoms with Gasteiger partial charge in [-0.2, -0.15) is 4.99 Å². The van der Waals surface area contributed by atoms with E-state index < -0.39 is 5.97 Å². The summed E-state index contributed by atoms with van der Waals surface area (Å²) in [5.74, 6) is -0.117. The number of amides is 1. The Kier molecular flexibility index (Phi) is 7.47. The zero-order valence-electron chi connectivity index (χ0n) is 16.5. The molecule has 8 nitrogen and oxygen atoms in total. The van der Waals surface area contributed by atoms with Crippen LogP contribution in [0, 0.1) is 0 Å². The molecule has 1 N–H and O–H groups in total. The Bertz CT molecular complexity index is 973. The van der Waals surface area contributed by atoms with E-state index in [2.05, 4.69) is 9.98 Å². The second-order valence-electron chi connectivity index (χ2n) is 6.18. The Morgan fingerprint density at radius 2 is 2.20 bits per heavy atom. The highest BCUT2D eigenvalue weighted by atomic mass is 32.2. The van der Waals surface area contributed by atoms with Gasteiger partial charge in [-0.15, -0.1) is 11.3 Å². The molecule has 1 saturated heterocycles. The van der Waals surface area contributed by atoms with Crippen molar-refractivity contribution in [2.75, 3.05) is 20.3 Å². The van der Waals surface area contributed by atoms with Gasteiger partial charge in [0, 0.05) is 18.1 Å². The second kappa shape index (κ2) is 10.3. The van der Waals surface area contributed by atoms with Gasteiger partial charge in [-0.25, -0.2) is 4.98 Å². The van der Waals surface area contributed by atoms with Crippen LogP contribution in [0.4, 0.5) is 5.13 Å². The standard InChI is InChI=1S/C20H21N3O5S2/c1-3-8-23-18(26)16(30-20(23)22-19-21-7-10-29-19)12-13-4-5-14(15(11-13)27-2)28-9-6-17(24)25/h4-5,7,10-12H,3,6,8-9H2,1-2H3,(H,24,25)/b16-12+,22-20+. The first-order valence-electron chi connectivity index (χ1n) is 9.24. The molecule has 1 aliphatic heterocycles. The van der Waals surface area contributed by atoms with E-state index in [0.29, 0.717) is 33.2 Å². The number of ether oxygens (including phenoxy) is 2. The smallest absolute Gasteiger partial charge is 0.306 e. The first-order valence-corrected chi connectivity index (χ1v) is 10.9. The molecule has 0 saturated carbocycles. The quantitative estimate of drug-likeness (QED) is 0.579. The van der Waals surface area contributed by atoms with Crippen molar-refractivity contribution in [2.24, 2.45) is 4.99 Å². The highest BCUT2D eigenvalue weighted by Gasteiger charge is 2.33. The molecule has 0 unspecified atom stereocenters. The number of carbonyl (C=O) groups excluding carboxylic acids is 1. The minimum absolute atomic E-state index is 0.0447. The minimum atomic E-state index is -0.932. The number of benzene rings is 1. The summed E-state index contributed by atoms with van der Waals surface area (Å²) in [5.41, 5.74) is 0.764. The first-order chi connectivity index (χ1) is 14.5. The van der Waals surface area contributed by atoms with Crippen LogP contribution in [-0.4, -0.2) is 52.3 Å². The topological polar surface area (TPSA) is 101 Å². The number of aliphatic imine (C=N–C) groups is 1. The van der Waals surface area contributed by atoms with Gasteiger partial charge in [0.1, 0.15) is 0 Å². The lowest BCUT2D eigenvalue weighted by Gasteiger charge is -2.13. The van der Waals surface area contributed by atoms with Gasteiger partial charge < -0.3 is 14.6 Å². The largest absolute Gasteiger partial charge is 0.493 e. The summed E-state index contributed by atoms with van der Waals surface area (Å²) in [6, 6.07) is 5.24. The molecule has 1 aliphatic rings. The number of thiazole rings is 1. The second-order valence-corrected chi connectivity index (χ2v) is 8.06. The number of rotatable bonds is 9. The fourth-order valence-electron chi connectivity index (χ4n) is 2.66. The third kappa shape index (κ3) is 5.39. The van der Waals surface area contributed by atoms with Crippen LogP contribution in [0.5, 0.6) is 11.5 Å². The van der Waals surface area contributed by atoms with E-state index in [1.807, 2.05) is 12.3 Å². The number of carbonyl (C=O) groups is 2. The van der Waals surface area contributed by atoms with Crippen LogP contribution in [0.1, 0.15) is 25.3 Å². The van der Waals surface area contributed by atoms with E-state index in [1.54, 1.807) is 35.4 Å². The summed E-state index contributed by atoms with van der Waals surface area (Å²) in [4.78, 5) is 34.4. The number of aromatic nitrogens is 1. The van der Waals surface area contributed by atoms with E-state index in [1.165, 1.54) is 30.2 Å². The summed E-state index contributed by atoms with van der Waals surface area (Å²) < 4.78 is 10.8. The lowest BCUT2D eigenvalue weighted by molar-refractivity contribution is -0.137. The zero-order valence-corrected chi connectivity index (χ0v) is 18.2. The van der Waals surface area contributed by atoms with Crippen molar-refractivity contribution in [3.63, 3.8) is 0 Å². The number of hydrogen-bond donors (Lipinski definition) is 1. The molecule has 158 valence electrons. The Morgan fingerprint density at radius 1 is 1.37 bits per heavy atom. The number of carboxylic acid groups (broad SMARTS) is 1. The Morgan fingerprint density at radius 3 is 2.87 bits per heavy atom. The fourth-order valence-corrected chi connectivity index (χ4v) is 4.23. The summed E-state index contributed by atoms with van der Waals surface area (Å²) in [5, 5.41) is 11.8. The predicted molar refractivity (Wildman–Crippen MR) is 118 cm³/mol. The van der Waals surface area contributed by atoms with E-state index in [-0.39, 0.29) is 18.9 Å². The maximum absolute atomic E-state index is 12.9. The summed E-state index contributed by atoms with van der Waals surface area (Å²) in [6.07, 6.45) is 4.17. The van der Waals surface area contributed by atoms with E-state index in [0.717, 1.165) is 12.0 Å². The van der Waals surface area contributed by atoms with Crippen LogP contribution in [0.2, 0.25) is 0 Å². The predicted octanol–water partition coefficient (Wildman–Crippen LogP) is 4.02. The van der Waals surface area contributed by atoms with Crippen LogP contribution in [0.15, 0.2) is 39.7 Å². The number of aliphatic carboxylic acids is 1. The van der Waals surface area contributed by atoms with Gasteiger partial charge >= 0.3 is 5.97 Å². The minimum Gasteiger partial charge on any atom is -0.493 e. The van der Waals surface area contributed by atoms with Crippen LogP contribution < -0.4 is 9.47 Å². The summed E-state index contributed by atoms with van der Waals surface area (Å²) in [7, 11) is 1.51. The van der Waals surface area contributed by atoms with Crippen LogP contribution in [-0.2, 0) is 9.59 Å². The van der Waals surface area contributed by atoms with Crippen molar-refractivity contribution in [2.45, 2.75) is 19.8 Å². The number of methoxy groups -OCH3 is 1. The Hall–Kier alpha value is -2.85. The van der Waals surface area contributed by atoms with Crippen LogP contribution in [0.25, 0.3) is 6.08 Å². The molecule has 1 fully saturated rings. The van der Waals surface area contributed by atoms with Gasteiger partial charge in [0.15, 0.2) is 16.7 Å². The van der Waals surface area contributed by atoms with Gasteiger partial charge in [-0.05, 0) is 42.0 Å². The molecule has 30 heavy (non-hydrogen) atoms. The maximum atomic E-state index is 12.9. The number of amidine groups is 1. The molecule has 0 atom stereocenters. The molecule has 10 heteroatoms. The average Bonchev–Trinajstić information content (AvgIpc) is 3.33. The normalized spacial score (nSPS) is 16.5. The van der Waals surface area contributed by atoms with Crippen molar-refractivity contribution in [1.82, 2.24) is 9.88 Å². The molecule has 0 bridgehead atoms. The van der Waals surface area contributed by atoms with E-state index in [4.69, 9.17) is 14.6 Å². The lowest BCUT2D eigenvalue weighted by Crippen LogP contribution is -2.29. The number of hydrogen-bond acceptors (Lipinski definition) is 8. The maximum Gasteiger partial charge on any atom is 0.306 e. The first kappa shape index (κ1) is 21.8. The number of nitrogens with zero attached hydrogens (tertiary/aromatic N) is 3. The monoisotopic (exact) mass is 447 g/mol. The van der Waals surface area contributed by atoms with Gasteiger partial charge in [-0.3, -0.25) is 14.5 Å². The van der Waals surface area contributed by atoms with E-state index >= 15 is 0 Å². The third-order valence-corrected chi connectivity index (χ3v) is 5.68. The van der Waals surface area contributed by atoms with Crippen molar-refractivity contribution in [3.05, 3.63) is 40.2 Å². The third-order valence-electron chi connectivity index (χ3n) is 4.00. The van der Waals surface area contributed by atoms with Crippen LogP contribution >= 0.6 is 23.1 Å². The molecule has 3 rings (SSSR count). The summed E-state index contributed by atoms with van der Waals surface area (Å²) >= 11 is 2.73. The molecule has 0 spiro atoms. The van der Waals surface area contributed by atoms with Gasteiger partial charge in [0.05, 0.1) is 25.0 Å². The molecule has 1 amide bonds. The zero-order chi connectivity index (χ0) is 21.5. The molecule has 1 aromatic heterocycles. The lowest BCUT2D eigenvalue weighted by atomic mass is 10.2. The Labute approximate surface area is 182 Å². The molecule has 2 aromatic rings. The van der Waals surface area contributed by atoms with Crippen molar-refractivity contribution in [1.29, 1.82) is 0 Å².